The number of rotatable bonds is 1. The van der Waals surface area contributed by atoms with Crippen LogP contribution in [0.15, 0.2) is 0 Å². The lowest BCUT2D eigenvalue weighted by molar-refractivity contribution is -0.168. The van der Waals surface area contributed by atoms with E-state index in [1.54, 1.807) is 6.92 Å². The standard InChI is InChI=1S/C10H17NO3/c1-6-5-10(2,3)9(13)7(8(6)12)11(4)14/h6-7,14H,5H2,1-4H3. The van der Waals surface area contributed by atoms with Crippen LogP contribution in [-0.2, 0) is 9.59 Å². The molecule has 0 amide bonds. The number of nitrogens with zero attached hydrogens (tertiary/aromatic N) is 1. The molecule has 0 spiro atoms. The van der Waals surface area contributed by atoms with Crippen LogP contribution >= 0.6 is 0 Å². The molecule has 1 rings (SSSR count). The molecule has 80 valence electrons. The summed E-state index contributed by atoms with van der Waals surface area (Å²) in [5.41, 5.74) is -0.519. The number of hydrogen-bond donors (Lipinski definition) is 1. The van der Waals surface area contributed by atoms with Gasteiger partial charge in [0.15, 0.2) is 17.6 Å². The van der Waals surface area contributed by atoms with Gasteiger partial charge in [-0.05, 0) is 6.42 Å². The molecule has 2 atom stereocenters. The van der Waals surface area contributed by atoms with Gasteiger partial charge in [-0.2, -0.15) is 5.06 Å². The number of hydroxylamine groups is 2. The molecule has 2 unspecified atom stereocenters. The Kier molecular flexibility index (Phi) is 2.78. The molecule has 0 aliphatic heterocycles. The molecule has 1 fully saturated rings. The van der Waals surface area contributed by atoms with Gasteiger partial charge in [0.1, 0.15) is 0 Å². The van der Waals surface area contributed by atoms with E-state index in [0.29, 0.717) is 6.42 Å². The van der Waals surface area contributed by atoms with E-state index in [1.165, 1.54) is 7.05 Å². The van der Waals surface area contributed by atoms with Gasteiger partial charge in [0.05, 0.1) is 0 Å². The second kappa shape index (κ2) is 3.44. The molecule has 0 radical (unpaired) electrons. The summed E-state index contributed by atoms with van der Waals surface area (Å²) in [5, 5.41) is 9.98. The monoisotopic (exact) mass is 199 g/mol. The highest BCUT2D eigenvalue weighted by Crippen LogP contribution is 2.35. The van der Waals surface area contributed by atoms with Gasteiger partial charge in [-0.25, -0.2) is 0 Å². The summed E-state index contributed by atoms with van der Waals surface area (Å²) >= 11 is 0. The Balaban J connectivity index is 3.02. The van der Waals surface area contributed by atoms with Crippen molar-refractivity contribution in [1.29, 1.82) is 0 Å². The van der Waals surface area contributed by atoms with Crippen LogP contribution in [-0.4, -0.2) is 34.9 Å². The fraction of sp³-hybridized carbons (Fsp3) is 0.800. The van der Waals surface area contributed by atoms with Crippen LogP contribution in [0, 0.1) is 11.3 Å². The number of carbonyl (C=O) groups is 2. The maximum absolute atomic E-state index is 11.8. The van der Waals surface area contributed by atoms with Crippen LogP contribution < -0.4 is 0 Å². The van der Waals surface area contributed by atoms with Crippen molar-refractivity contribution < 1.29 is 14.8 Å². The van der Waals surface area contributed by atoms with Crippen molar-refractivity contribution in [2.45, 2.75) is 33.2 Å². The van der Waals surface area contributed by atoms with Crippen molar-refractivity contribution in [1.82, 2.24) is 5.06 Å². The summed E-state index contributed by atoms with van der Waals surface area (Å²) in [5.74, 6) is -0.535. The van der Waals surface area contributed by atoms with E-state index in [4.69, 9.17) is 0 Å². The smallest absolute Gasteiger partial charge is 0.165 e. The Labute approximate surface area is 83.8 Å². The van der Waals surface area contributed by atoms with Gasteiger partial charge in [-0.3, -0.25) is 9.59 Å². The second-order valence-electron chi connectivity index (χ2n) is 4.73. The Bertz CT molecular complexity index is 271. The third kappa shape index (κ3) is 1.72. The third-order valence-corrected chi connectivity index (χ3v) is 2.86. The number of likely N-dealkylation sites (N-methyl/N-ethyl adjacent to an activating group) is 1. The zero-order valence-corrected chi connectivity index (χ0v) is 9.07. The van der Waals surface area contributed by atoms with Crippen LogP contribution in [0.25, 0.3) is 0 Å². The van der Waals surface area contributed by atoms with Crippen molar-refractivity contribution in [3.63, 3.8) is 0 Å². The minimum absolute atomic E-state index is 0.165. The molecule has 14 heavy (non-hydrogen) atoms. The molecule has 4 heteroatoms. The first-order chi connectivity index (χ1) is 6.27. The first-order valence-electron chi connectivity index (χ1n) is 4.77. The number of ketones is 2. The lowest BCUT2D eigenvalue weighted by atomic mass is 9.69. The molecule has 0 saturated heterocycles. The molecule has 1 aliphatic rings. The zero-order valence-electron chi connectivity index (χ0n) is 9.07. The second-order valence-corrected chi connectivity index (χ2v) is 4.73. The first-order valence-corrected chi connectivity index (χ1v) is 4.77. The lowest BCUT2D eigenvalue weighted by Crippen LogP contribution is -2.55. The predicted molar refractivity (Wildman–Crippen MR) is 50.9 cm³/mol. The predicted octanol–water partition coefficient (Wildman–Crippen LogP) is 0.880. The molecule has 0 aromatic carbocycles. The molecule has 0 aromatic heterocycles. The quantitative estimate of drug-likeness (QED) is 0.503. The van der Waals surface area contributed by atoms with E-state index in [0.717, 1.165) is 5.06 Å². The molecular weight excluding hydrogens is 182 g/mol. The number of hydrogen-bond acceptors (Lipinski definition) is 4. The SMILES string of the molecule is CC1CC(C)(C)C(=O)C(N(C)O)C1=O. The average molecular weight is 199 g/mol. The fourth-order valence-electron chi connectivity index (χ4n) is 2.09. The highest BCUT2D eigenvalue weighted by molar-refractivity contribution is 6.11. The van der Waals surface area contributed by atoms with Crippen LogP contribution in [0.2, 0.25) is 0 Å². The molecule has 4 nitrogen and oxygen atoms in total. The van der Waals surface area contributed by atoms with Crippen LogP contribution in [0.1, 0.15) is 27.2 Å². The average Bonchev–Trinajstić information content (AvgIpc) is 2.00. The Morgan fingerprint density at radius 2 is 1.93 bits per heavy atom. The highest BCUT2D eigenvalue weighted by atomic mass is 16.5. The van der Waals surface area contributed by atoms with Crippen LogP contribution in [0.5, 0.6) is 0 Å². The van der Waals surface area contributed by atoms with Gasteiger partial charge in [0.25, 0.3) is 0 Å². The first kappa shape index (κ1) is 11.3. The van der Waals surface area contributed by atoms with E-state index in [-0.39, 0.29) is 17.5 Å². The van der Waals surface area contributed by atoms with E-state index >= 15 is 0 Å². The lowest BCUT2D eigenvalue weighted by Gasteiger charge is -2.37. The van der Waals surface area contributed by atoms with Crippen molar-refractivity contribution in [3.05, 3.63) is 0 Å². The molecule has 0 aromatic rings. The topological polar surface area (TPSA) is 57.6 Å². The summed E-state index contributed by atoms with van der Waals surface area (Å²) in [6, 6.07) is -0.978. The van der Waals surface area contributed by atoms with E-state index in [2.05, 4.69) is 0 Å². The summed E-state index contributed by atoms with van der Waals surface area (Å²) in [7, 11) is 1.34. The minimum atomic E-state index is -0.978. The molecule has 0 heterocycles. The van der Waals surface area contributed by atoms with Crippen molar-refractivity contribution >= 4 is 11.6 Å². The fourth-order valence-corrected chi connectivity index (χ4v) is 2.09. The molecule has 1 aliphatic carbocycles. The van der Waals surface area contributed by atoms with E-state index in [1.807, 2.05) is 13.8 Å². The van der Waals surface area contributed by atoms with E-state index < -0.39 is 11.5 Å². The zero-order chi connectivity index (χ0) is 11.1. The van der Waals surface area contributed by atoms with Crippen molar-refractivity contribution in [3.8, 4) is 0 Å². The van der Waals surface area contributed by atoms with Gasteiger partial charge in [0, 0.05) is 18.4 Å². The summed E-state index contributed by atoms with van der Waals surface area (Å²) in [6.45, 7) is 5.43. The Morgan fingerprint density at radius 3 is 2.36 bits per heavy atom. The third-order valence-electron chi connectivity index (χ3n) is 2.86. The van der Waals surface area contributed by atoms with Crippen molar-refractivity contribution in [2.24, 2.45) is 11.3 Å². The maximum Gasteiger partial charge on any atom is 0.165 e. The maximum atomic E-state index is 11.8. The highest BCUT2D eigenvalue weighted by Gasteiger charge is 2.47. The normalized spacial score (nSPS) is 32.4. The minimum Gasteiger partial charge on any atom is -0.313 e. The van der Waals surface area contributed by atoms with Gasteiger partial charge in [0.2, 0.25) is 0 Å². The summed E-state index contributed by atoms with van der Waals surface area (Å²) in [4.78, 5) is 23.5. The van der Waals surface area contributed by atoms with Gasteiger partial charge in [-0.1, -0.05) is 20.8 Å². The summed E-state index contributed by atoms with van der Waals surface area (Å²) in [6.07, 6.45) is 0.564. The molecular formula is C10H17NO3. The largest absolute Gasteiger partial charge is 0.313 e. The molecule has 1 N–H and O–H groups in total. The van der Waals surface area contributed by atoms with Gasteiger partial charge < -0.3 is 5.21 Å². The number of Topliss-reactive ketones (excluding diaryl/α,β-unsaturated/α-hetero) is 2. The Hall–Kier alpha value is -0.740. The molecule has 1 saturated carbocycles. The summed E-state index contributed by atoms with van der Waals surface area (Å²) < 4.78 is 0. The van der Waals surface area contributed by atoms with Gasteiger partial charge >= 0.3 is 0 Å². The number of carbonyl (C=O) groups excluding carboxylic acids is 2. The van der Waals surface area contributed by atoms with E-state index in [9.17, 15) is 14.8 Å². The van der Waals surface area contributed by atoms with Crippen LogP contribution in [0.3, 0.4) is 0 Å². The molecule has 0 bridgehead atoms. The van der Waals surface area contributed by atoms with Crippen LogP contribution in [0.4, 0.5) is 0 Å². The van der Waals surface area contributed by atoms with Crippen molar-refractivity contribution in [2.75, 3.05) is 7.05 Å². The van der Waals surface area contributed by atoms with Gasteiger partial charge in [-0.15, -0.1) is 0 Å². The Morgan fingerprint density at radius 1 is 1.43 bits per heavy atom.